The predicted molar refractivity (Wildman–Crippen MR) is 75.3 cm³/mol. The van der Waals surface area contributed by atoms with Gasteiger partial charge in [-0.15, -0.1) is 0 Å². The van der Waals surface area contributed by atoms with Crippen LogP contribution in [0.1, 0.15) is 26.2 Å². The number of carbonyl (C=O) groups excluding carboxylic acids is 2. The SMILES string of the molecule is CCCCC(=O)Nc1ccc(N2CCNC2=O)cc1. The number of benzene rings is 1. The Morgan fingerprint density at radius 1 is 1.37 bits per heavy atom. The van der Waals surface area contributed by atoms with Crippen molar-refractivity contribution in [2.75, 3.05) is 23.3 Å². The Hall–Kier alpha value is -2.04. The number of carbonyl (C=O) groups is 2. The van der Waals surface area contributed by atoms with Gasteiger partial charge in [-0.05, 0) is 30.7 Å². The first kappa shape index (κ1) is 13.4. The van der Waals surface area contributed by atoms with E-state index in [2.05, 4.69) is 17.6 Å². The molecule has 0 radical (unpaired) electrons. The molecule has 1 aromatic rings. The fraction of sp³-hybridized carbons (Fsp3) is 0.429. The van der Waals surface area contributed by atoms with Gasteiger partial charge in [0.15, 0.2) is 0 Å². The van der Waals surface area contributed by atoms with Crippen LogP contribution in [0, 0.1) is 0 Å². The van der Waals surface area contributed by atoms with E-state index in [-0.39, 0.29) is 11.9 Å². The first-order valence-electron chi connectivity index (χ1n) is 6.66. The minimum absolute atomic E-state index is 0.0357. The number of rotatable bonds is 5. The van der Waals surface area contributed by atoms with E-state index in [0.29, 0.717) is 19.5 Å². The summed E-state index contributed by atoms with van der Waals surface area (Å²) in [5, 5.41) is 5.60. The van der Waals surface area contributed by atoms with Gasteiger partial charge in [0, 0.05) is 30.9 Å². The zero-order valence-electron chi connectivity index (χ0n) is 11.1. The van der Waals surface area contributed by atoms with E-state index in [1.807, 2.05) is 24.3 Å². The molecule has 1 saturated heterocycles. The lowest BCUT2D eigenvalue weighted by molar-refractivity contribution is -0.116. The molecule has 1 aliphatic rings. The third-order valence-corrected chi connectivity index (χ3v) is 3.08. The quantitative estimate of drug-likeness (QED) is 0.854. The number of hydrogen-bond acceptors (Lipinski definition) is 2. The van der Waals surface area contributed by atoms with Gasteiger partial charge in [-0.3, -0.25) is 9.69 Å². The summed E-state index contributed by atoms with van der Waals surface area (Å²) in [6, 6.07) is 7.27. The number of nitrogens with zero attached hydrogens (tertiary/aromatic N) is 1. The van der Waals surface area contributed by atoms with Gasteiger partial charge in [-0.2, -0.15) is 0 Å². The molecule has 1 aliphatic heterocycles. The van der Waals surface area contributed by atoms with Crippen molar-refractivity contribution in [3.8, 4) is 0 Å². The summed E-state index contributed by atoms with van der Waals surface area (Å²) in [6.07, 6.45) is 2.46. The zero-order valence-corrected chi connectivity index (χ0v) is 11.1. The fourth-order valence-electron chi connectivity index (χ4n) is 2.00. The van der Waals surface area contributed by atoms with E-state index < -0.39 is 0 Å². The summed E-state index contributed by atoms with van der Waals surface area (Å²) < 4.78 is 0. The molecule has 0 aromatic heterocycles. The zero-order chi connectivity index (χ0) is 13.7. The van der Waals surface area contributed by atoms with Gasteiger partial charge in [0.05, 0.1) is 0 Å². The summed E-state index contributed by atoms with van der Waals surface area (Å²) in [4.78, 5) is 24.8. The van der Waals surface area contributed by atoms with Crippen molar-refractivity contribution in [3.05, 3.63) is 24.3 Å². The van der Waals surface area contributed by atoms with Crippen LogP contribution in [0.5, 0.6) is 0 Å². The van der Waals surface area contributed by atoms with Crippen LogP contribution in [0.3, 0.4) is 0 Å². The van der Waals surface area contributed by atoms with Crippen LogP contribution >= 0.6 is 0 Å². The van der Waals surface area contributed by atoms with E-state index in [1.165, 1.54) is 0 Å². The normalized spacial score (nSPS) is 14.4. The topological polar surface area (TPSA) is 61.4 Å². The molecule has 0 atom stereocenters. The molecule has 5 nitrogen and oxygen atoms in total. The molecule has 1 fully saturated rings. The van der Waals surface area contributed by atoms with Gasteiger partial charge in [0.2, 0.25) is 5.91 Å². The number of amides is 3. The van der Waals surface area contributed by atoms with Gasteiger partial charge in [-0.25, -0.2) is 4.79 Å². The van der Waals surface area contributed by atoms with Crippen LogP contribution in [0.4, 0.5) is 16.2 Å². The highest BCUT2D eigenvalue weighted by atomic mass is 16.2. The average molecular weight is 261 g/mol. The lowest BCUT2D eigenvalue weighted by Crippen LogP contribution is -2.27. The van der Waals surface area contributed by atoms with E-state index in [1.54, 1.807) is 4.90 Å². The molecule has 0 spiro atoms. The maximum Gasteiger partial charge on any atom is 0.321 e. The largest absolute Gasteiger partial charge is 0.336 e. The van der Waals surface area contributed by atoms with Gasteiger partial charge in [-0.1, -0.05) is 13.3 Å². The molecule has 3 amide bonds. The molecule has 1 heterocycles. The third-order valence-electron chi connectivity index (χ3n) is 3.08. The van der Waals surface area contributed by atoms with Crippen LogP contribution in [-0.2, 0) is 4.79 Å². The molecule has 2 rings (SSSR count). The number of anilines is 2. The summed E-state index contributed by atoms with van der Waals surface area (Å²) in [7, 11) is 0. The molecule has 0 bridgehead atoms. The molecule has 102 valence electrons. The van der Waals surface area contributed by atoms with Crippen molar-refractivity contribution in [3.63, 3.8) is 0 Å². The minimum Gasteiger partial charge on any atom is -0.336 e. The van der Waals surface area contributed by atoms with Crippen molar-refractivity contribution < 1.29 is 9.59 Å². The van der Waals surface area contributed by atoms with Gasteiger partial charge in [0.25, 0.3) is 0 Å². The highest BCUT2D eigenvalue weighted by Crippen LogP contribution is 2.19. The van der Waals surface area contributed by atoms with Crippen molar-refractivity contribution in [1.82, 2.24) is 5.32 Å². The summed E-state index contributed by atoms with van der Waals surface area (Å²) in [5.74, 6) is 0.0357. The van der Waals surface area contributed by atoms with E-state index in [9.17, 15) is 9.59 Å². The molecule has 0 unspecified atom stereocenters. The number of unbranched alkanes of at least 4 members (excludes halogenated alkanes) is 1. The van der Waals surface area contributed by atoms with Crippen LogP contribution in [0.15, 0.2) is 24.3 Å². The highest BCUT2D eigenvalue weighted by Gasteiger charge is 2.20. The maximum atomic E-state index is 11.6. The number of urea groups is 1. The van der Waals surface area contributed by atoms with Crippen molar-refractivity contribution >= 4 is 23.3 Å². The third kappa shape index (κ3) is 3.47. The van der Waals surface area contributed by atoms with Gasteiger partial charge in [0.1, 0.15) is 0 Å². The molecule has 19 heavy (non-hydrogen) atoms. The Kier molecular flexibility index (Phi) is 4.39. The van der Waals surface area contributed by atoms with Crippen molar-refractivity contribution in [2.45, 2.75) is 26.2 Å². The predicted octanol–water partition coefficient (Wildman–Crippen LogP) is 2.34. The van der Waals surface area contributed by atoms with Crippen LogP contribution in [0.25, 0.3) is 0 Å². The molecular formula is C14H19N3O2. The molecule has 0 saturated carbocycles. The first-order chi connectivity index (χ1) is 9.20. The summed E-state index contributed by atoms with van der Waals surface area (Å²) in [6.45, 7) is 3.42. The summed E-state index contributed by atoms with van der Waals surface area (Å²) >= 11 is 0. The van der Waals surface area contributed by atoms with Crippen molar-refractivity contribution in [1.29, 1.82) is 0 Å². The maximum absolute atomic E-state index is 11.6. The smallest absolute Gasteiger partial charge is 0.321 e. The fourth-order valence-corrected chi connectivity index (χ4v) is 2.00. The van der Waals surface area contributed by atoms with Gasteiger partial charge >= 0.3 is 6.03 Å². The van der Waals surface area contributed by atoms with Crippen molar-refractivity contribution in [2.24, 2.45) is 0 Å². The molecule has 5 heteroatoms. The van der Waals surface area contributed by atoms with Gasteiger partial charge < -0.3 is 10.6 Å². The molecular weight excluding hydrogens is 242 g/mol. The standard InChI is InChI=1S/C14H19N3O2/c1-2-3-4-13(18)16-11-5-7-12(8-6-11)17-10-9-15-14(17)19/h5-8H,2-4,9-10H2,1H3,(H,15,19)(H,16,18). The second-order valence-electron chi connectivity index (χ2n) is 4.58. The Bertz CT molecular complexity index is 456. The Balaban J connectivity index is 1.94. The molecule has 0 aliphatic carbocycles. The second-order valence-corrected chi connectivity index (χ2v) is 4.58. The van der Waals surface area contributed by atoms with E-state index in [4.69, 9.17) is 0 Å². The number of nitrogens with one attached hydrogen (secondary N) is 2. The van der Waals surface area contributed by atoms with Crippen LogP contribution in [-0.4, -0.2) is 25.0 Å². The number of hydrogen-bond donors (Lipinski definition) is 2. The van der Waals surface area contributed by atoms with E-state index in [0.717, 1.165) is 24.2 Å². The Morgan fingerprint density at radius 2 is 2.11 bits per heavy atom. The average Bonchev–Trinajstić information content (AvgIpc) is 2.83. The second kappa shape index (κ2) is 6.22. The molecule has 1 aromatic carbocycles. The lowest BCUT2D eigenvalue weighted by Gasteiger charge is -2.14. The highest BCUT2D eigenvalue weighted by molar-refractivity contribution is 5.95. The van der Waals surface area contributed by atoms with Crippen LogP contribution < -0.4 is 15.5 Å². The van der Waals surface area contributed by atoms with E-state index >= 15 is 0 Å². The van der Waals surface area contributed by atoms with Crippen LogP contribution in [0.2, 0.25) is 0 Å². The lowest BCUT2D eigenvalue weighted by atomic mass is 10.2. The monoisotopic (exact) mass is 261 g/mol. The Morgan fingerprint density at radius 3 is 2.68 bits per heavy atom. The molecule has 2 N–H and O–H groups in total. The summed E-state index contributed by atoms with van der Waals surface area (Å²) in [5.41, 5.74) is 1.62. The Labute approximate surface area is 113 Å². The minimum atomic E-state index is -0.0697. The first-order valence-corrected chi connectivity index (χ1v) is 6.66.